The summed E-state index contributed by atoms with van der Waals surface area (Å²) in [5.41, 5.74) is 0.888. The van der Waals surface area contributed by atoms with Crippen LogP contribution < -0.4 is 0 Å². The van der Waals surface area contributed by atoms with E-state index in [-0.39, 0.29) is 0 Å². The van der Waals surface area contributed by atoms with E-state index in [0.29, 0.717) is 5.92 Å². The first-order valence-corrected chi connectivity index (χ1v) is 11.9. The van der Waals surface area contributed by atoms with E-state index >= 15 is 0 Å². The lowest BCUT2D eigenvalue weighted by molar-refractivity contribution is 0.151. The molecule has 2 aliphatic carbocycles. The number of unbranched alkanes of at least 4 members (excludes halogenated alkanes) is 1. The van der Waals surface area contributed by atoms with Crippen LogP contribution in [0.25, 0.3) is 0 Å². The molecular formula is C27H34F3N. The van der Waals surface area contributed by atoms with Crippen LogP contribution in [0.15, 0.2) is 42.3 Å². The number of hydrogen-bond acceptors (Lipinski definition) is 1. The van der Waals surface area contributed by atoms with Gasteiger partial charge in [-0.15, -0.1) is 0 Å². The molecule has 1 aromatic rings. The number of aryl methyl sites for hydroxylation is 1. The fraction of sp³-hybridized carbons (Fsp3) is 0.593. The SMILES string of the molecule is N#CC(F)=CC=CC1CCC(C2CCC(CCCCc3ccc(F)c(F)c3)CC2)CC1. The summed E-state index contributed by atoms with van der Waals surface area (Å²) in [5, 5.41) is 8.44. The van der Waals surface area contributed by atoms with Crippen LogP contribution in [0, 0.1) is 46.6 Å². The van der Waals surface area contributed by atoms with Crippen LogP contribution >= 0.6 is 0 Å². The minimum atomic E-state index is -0.770. The Hall–Kier alpha value is -2.02. The standard InChI is InChI=1S/C27H34F3N/c28-25(19-31)7-3-6-21-10-15-24(16-11-21)23-13-8-20(9-14-23)4-1-2-5-22-12-17-26(29)27(30)18-22/h3,6-7,12,17-18,20-21,23-24H,1-2,4-5,8-11,13-16H2. The molecule has 2 aliphatic rings. The van der Waals surface area contributed by atoms with Crippen LogP contribution in [0.1, 0.15) is 76.2 Å². The third kappa shape index (κ3) is 7.56. The zero-order valence-electron chi connectivity index (χ0n) is 18.3. The second-order valence-corrected chi connectivity index (χ2v) is 9.46. The third-order valence-electron chi connectivity index (χ3n) is 7.42. The first-order valence-electron chi connectivity index (χ1n) is 11.9. The quantitative estimate of drug-likeness (QED) is 0.232. The van der Waals surface area contributed by atoms with Gasteiger partial charge in [0.15, 0.2) is 17.5 Å². The molecule has 31 heavy (non-hydrogen) atoms. The van der Waals surface area contributed by atoms with Crippen LogP contribution in [0.3, 0.4) is 0 Å². The van der Waals surface area contributed by atoms with Crippen molar-refractivity contribution in [3.05, 3.63) is 59.5 Å². The summed E-state index contributed by atoms with van der Waals surface area (Å²) in [6.07, 6.45) is 19.5. The average Bonchev–Trinajstić information content (AvgIpc) is 2.80. The summed E-state index contributed by atoms with van der Waals surface area (Å²) in [6.45, 7) is 0. The van der Waals surface area contributed by atoms with Gasteiger partial charge in [-0.25, -0.2) is 8.78 Å². The van der Waals surface area contributed by atoms with Crippen LogP contribution in [-0.4, -0.2) is 0 Å². The normalized spacial score (nSPS) is 27.4. The Morgan fingerprint density at radius 3 is 2.26 bits per heavy atom. The lowest BCUT2D eigenvalue weighted by Crippen LogP contribution is -2.25. The van der Waals surface area contributed by atoms with E-state index in [1.54, 1.807) is 12.1 Å². The van der Waals surface area contributed by atoms with Crippen LogP contribution in [0.4, 0.5) is 13.2 Å². The monoisotopic (exact) mass is 429 g/mol. The van der Waals surface area contributed by atoms with E-state index in [2.05, 4.69) is 6.08 Å². The molecule has 2 fully saturated rings. The minimum Gasteiger partial charge on any atom is -0.204 e. The maximum atomic E-state index is 13.3. The lowest BCUT2D eigenvalue weighted by Gasteiger charge is -2.37. The molecule has 0 N–H and O–H groups in total. The van der Waals surface area contributed by atoms with Crippen molar-refractivity contribution in [3.8, 4) is 6.07 Å². The van der Waals surface area contributed by atoms with Crippen molar-refractivity contribution in [1.29, 1.82) is 5.26 Å². The van der Waals surface area contributed by atoms with Gasteiger partial charge in [0.25, 0.3) is 0 Å². The molecule has 0 spiro atoms. The molecule has 4 heteroatoms. The van der Waals surface area contributed by atoms with Crippen molar-refractivity contribution >= 4 is 0 Å². The Balaban J connectivity index is 1.29. The molecule has 0 unspecified atom stereocenters. The maximum absolute atomic E-state index is 13.3. The summed E-state index contributed by atoms with van der Waals surface area (Å²) in [4.78, 5) is 0. The lowest BCUT2D eigenvalue weighted by atomic mass is 9.68. The molecule has 0 atom stereocenters. The fourth-order valence-corrected chi connectivity index (χ4v) is 5.55. The van der Waals surface area contributed by atoms with E-state index in [9.17, 15) is 13.2 Å². The van der Waals surface area contributed by atoms with Gasteiger partial charge in [-0.3, -0.25) is 0 Å². The van der Waals surface area contributed by atoms with Gasteiger partial charge in [0.1, 0.15) is 6.07 Å². The first-order chi connectivity index (χ1) is 15.0. The van der Waals surface area contributed by atoms with Gasteiger partial charge < -0.3 is 0 Å². The largest absolute Gasteiger partial charge is 0.204 e. The average molecular weight is 430 g/mol. The molecule has 2 saturated carbocycles. The highest BCUT2D eigenvalue weighted by molar-refractivity contribution is 5.19. The molecule has 1 aromatic carbocycles. The van der Waals surface area contributed by atoms with Gasteiger partial charge >= 0.3 is 0 Å². The third-order valence-corrected chi connectivity index (χ3v) is 7.42. The molecule has 0 heterocycles. The topological polar surface area (TPSA) is 23.8 Å². The van der Waals surface area contributed by atoms with Gasteiger partial charge in [-0.1, -0.05) is 43.9 Å². The smallest absolute Gasteiger partial charge is 0.199 e. The summed E-state index contributed by atoms with van der Waals surface area (Å²) in [5.74, 6) is 0.794. The fourth-order valence-electron chi connectivity index (χ4n) is 5.55. The van der Waals surface area contributed by atoms with Crippen molar-refractivity contribution < 1.29 is 13.2 Å². The molecular weight excluding hydrogens is 395 g/mol. The number of rotatable bonds is 8. The zero-order chi connectivity index (χ0) is 22.1. The second-order valence-electron chi connectivity index (χ2n) is 9.46. The predicted octanol–water partition coefficient (Wildman–Crippen LogP) is 8.22. The molecule has 0 aromatic heterocycles. The van der Waals surface area contributed by atoms with E-state index in [4.69, 9.17) is 5.26 Å². The Labute approximate surface area is 185 Å². The summed E-state index contributed by atoms with van der Waals surface area (Å²) in [6, 6.07) is 5.74. The van der Waals surface area contributed by atoms with E-state index in [1.165, 1.54) is 82.1 Å². The molecule has 3 rings (SSSR count). The van der Waals surface area contributed by atoms with Crippen LogP contribution in [0.5, 0.6) is 0 Å². The van der Waals surface area contributed by atoms with E-state index in [0.717, 1.165) is 42.6 Å². The Bertz CT molecular complexity index is 791. The summed E-state index contributed by atoms with van der Waals surface area (Å²) >= 11 is 0. The first kappa shape index (κ1) is 23.6. The molecule has 0 bridgehead atoms. The van der Waals surface area contributed by atoms with Crippen molar-refractivity contribution in [2.24, 2.45) is 23.7 Å². The van der Waals surface area contributed by atoms with Gasteiger partial charge in [-0.2, -0.15) is 9.65 Å². The maximum Gasteiger partial charge on any atom is 0.199 e. The van der Waals surface area contributed by atoms with Gasteiger partial charge in [0.05, 0.1) is 0 Å². The molecule has 0 saturated heterocycles. The van der Waals surface area contributed by atoms with Crippen molar-refractivity contribution in [3.63, 3.8) is 0 Å². The van der Waals surface area contributed by atoms with Crippen LogP contribution in [0.2, 0.25) is 0 Å². The van der Waals surface area contributed by atoms with Crippen molar-refractivity contribution in [2.45, 2.75) is 77.0 Å². The molecule has 0 radical (unpaired) electrons. The van der Waals surface area contributed by atoms with Crippen LogP contribution in [-0.2, 0) is 6.42 Å². The second kappa shape index (κ2) is 12.1. The van der Waals surface area contributed by atoms with Crippen molar-refractivity contribution in [2.75, 3.05) is 0 Å². The molecule has 1 nitrogen and oxygen atoms in total. The van der Waals surface area contributed by atoms with E-state index < -0.39 is 17.5 Å². The highest BCUT2D eigenvalue weighted by Gasteiger charge is 2.30. The number of benzene rings is 1. The Kier molecular flexibility index (Phi) is 9.25. The molecule has 0 amide bonds. The summed E-state index contributed by atoms with van der Waals surface area (Å²) < 4.78 is 39.1. The van der Waals surface area contributed by atoms with Gasteiger partial charge in [-0.05, 0) is 98.8 Å². The zero-order valence-corrected chi connectivity index (χ0v) is 18.3. The van der Waals surface area contributed by atoms with Gasteiger partial charge in [0.2, 0.25) is 0 Å². The number of hydrogen-bond donors (Lipinski definition) is 0. The van der Waals surface area contributed by atoms with Gasteiger partial charge in [0, 0.05) is 0 Å². The highest BCUT2D eigenvalue weighted by atomic mass is 19.2. The predicted molar refractivity (Wildman–Crippen MR) is 119 cm³/mol. The van der Waals surface area contributed by atoms with Crippen molar-refractivity contribution in [1.82, 2.24) is 0 Å². The number of nitrogens with zero attached hydrogens (tertiary/aromatic N) is 1. The number of halogens is 3. The number of allylic oxidation sites excluding steroid dienone is 4. The minimum absolute atomic E-state index is 0.518. The molecule has 168 valence electrons. The Morgan fingerprint density at radius 1 is 0.935 bits per heavy atom. The molecule has 0 aliphatic heterocycles. The van der Waals surface area contributed by atoms with E-state index in [1.807, 2.05) is 0 Å². The Morgan fingerprint density at radius 2 is 1.61 bits per heavy atom. The summed E-state index contributed by atoms with van der Waals surface area (Å²) in [7, 11) is 0. The number of nitriles is 1. The highest BCUT2D eigenvalue weighted by Crippen LogP contribution is 2.42.